The molecule has 0 unspecified atom stereocenters. The van der Waals surface area contributed by atoms with Crippen LogP contribution in [0, 0.1) is 5.92 Å². The topological polar surface area (TPSA) is 88.6 Å². The van der Waals surface area contributed by atoms with Crippen LogP contribution >= 0.6 is 0 Å². The van der Waals surface area contributed by atoms with Gasteiger partial charge < -0.3 is 24.0 Å². The van der Waals surface area contributed by atoms with Gasteiger partial charge in [0.1, 0.15) is 13.2 Å². The molecule has 0 bridgehead atoms. The molecule has 55 heavy (non-hydrogen) atoms. The lowest BCUT2D eigenvalue weighted by atomic mass is 9.94. The number of esters is 2. The maximum Gasteiger partial charge on any atom is 0.409 e. The highest BCUT2D eigenvalue weighted by atomic mass is 16.6. The van der Waals surface area contributed by atoms with Gasteiger partial charge in [0.05, 0.1) is 12.5 Å². The van der Waals surface area contributed by atoms with Crippen LogP contribution in [-0.4, -0.2) is 105 Å². The standard InChI is InChI=1S/C46H91N3O6/c1-7-13-17-21-25-31-43(32-26-22-18-14-8-2)45(51)54-41-38-48(37-36-47(11-5)12-6)39-42-55-46(52)49(34-28-20-16-10-4)35-29-24-27-33-44(50)53-40-30-23-19-15-9-3/h43H,7-42H2,1-6H3. The molecule has 0 aromatic carbocycles. The molecule has 0 heterocycles. The van der Waals surface area contributed by atoms with Crippen LogP contribution in [0.25, 0.3) is 0 Å². The number of amides is 1. The van der Waals surface area contributed by atoms with Crippen molar-refractivity contribution >= 4 is 18.0 Å². The summed E-state index contributed by atoms with van der Waals surface area (Å²) in [7, 11) is 0. The number of rotatable bonds is 41. The quantitative estimate of drug-likeness (QED) is 0.0344. The maximum absolute atomic E-state index is 13.3. The Morgan fingerprint density at radius 1 is 0.418 bits per heavy atom. The average molecular weight is 782 g/mol. The number of unbranched alkanes of at least 4 members (excludes halogenated alkanes) is 17. The second-order valence-electron chi connectivity index (χ2n) is 15.7. The van der Waals surface area contributed by atoms with Crippen molar-refractivity contribution in [1.82, 2.24) is 14.7 Å². The third kappa shape index (κ3) is 32.9. The van der Waals surface area contributed by atoms with Crippen LogP contribution in [0.2, 0.25) is 0 Å². The highest BCUT2D eigenvalue weighted by Crippen LogP contribution is 2.21. The molecule has 0 radical (unpaired) electrons. The monoisotopic (exact) mass is 782 g/mol. The first-order chi connectivity index (χ1) is 26.9. The Morgan fingerprint density at radius 2 is 0.873 bits per heavy atom. The zero-order chi connectivity index (χ0) is 40.6. The molecule has 0 saturated heterocycles. The number of hydrogen-bond acceptors (Lipinski definition) is 8. The van der Waals surface area contributed by atoms with E-state index < -0.39 is 0 Å². The molecule has 0 aromatic heterocycles. The molecular formula is C46H91N3O6. The zero-order valence-electron chi connectivity index (χ0n) is 37.3. The molecule has 0 aliphatic rings. The van der Waals surface area contributed by atoms with Crippen molar-refractivity contribution in [2.75, 3.05) is 72.2 Å². The lowest BCUT2D eigenvalue weighted by Gasteiger charge is -2.27. The Bertz CT molecular complexity index is 857. The van der Waals surface area contributed by atoms with E-state index in [-0.39, 0.29) is 23.9 Å². The number of nitrogens with zero attached hydrogens (tertiary/aromatic N) is 3. The lowest BCUT2D eigenvalue weighted by Crippen LogP contribution is -2.40. The summed E-state index contributed by atoms with van der Waals surface area (Å²) in [4.78, 5) is 45.3. The van der Waals surface area contributed by atoms with E-state index >= 15 is 0 Å². The first-order valence-electron chi connectivity index (χ1n) is 23.5. The molecule has 9 nitrogen and oxygen atoms in total. The Kier molecular flexibility index (Phi) is 39.0. The third-order valence-electron chi connectivity index (χ3n) is 10.9. The van der Waals surface area contributed by atoms with Crippen LogP contribution in [0.3, 0.4) is 0 Å². The fourth-order valence-corrected chi connectivity index (χ4v) is 7.01. The van der Waals surface area contributed by atoms with Crippen molar-refractivity contribution in [3.8, 4) is 0 Å². The van der Waals surface area contributed by atoms with Crippen molar-refractivity contribution in [2.24, 2.45) is 5.92 Å². The van der Waals surface area contributed by atoms with Gasteiger partial charge in [-0.1, -0.05) is 157 Å². The highest BCUT2D eigenvalue weighted by molar-refractivity contribution is 5.72. The van der Waals surface area contributed by atoms with E-state index in [1.807, 2.05) is 4.90 Å². The zero-order valence-corrected chi connectivity index (χ0v) is 37.3. The molecule has 0 N–H and O–H groups in total. The predicted octanol–water partition coefficient (Wildman–Crippen LogP) is 11.6. The van der Waals surface area contributed by atoms with Crippen LogP contribution in [0.1, 0.15) is 202 Å². The maximum atomic E-state index is 13.3. The summed E-state index contributed by atoms with van der Waals surface area (Å²) < 4.78 is 17.3. The Hall–Kier alpha value is -1.87. The lowest BCUT2D eigenvalue weighted by molar-refractivity contribution is -0.149. The van der Waals surface area contributed by atoms with Crippen LogP contribution < -0.4 is 0 Å². The molecule has 0 atom stereocenters. The molecule has 0 aliphatic carbocycles. The molecule has 0 aromatic rings. The van der Waals surface area contributed by atoms with Gasteiger partial charge in [-0.25, -0.2) is 4.79 Å². The summed E-state index contributed by atoms with van der Waals surface area (Å²) >= 11 is 0. The Morgan fingerprint density at radius 3 is 1.40 bits per heavy atom. The van der Waals surface area contributed by atoms with Crippen molar-refractivity contribution in [1.29, 1.82) is 0 Å². The predicted molar refractivity (Wildman–Crippen MR) is 231 cm³/mol. The summed E-state index contributed by atoms with van der Waals surface area (Å²) in [5.41, 5.74) is 0. The fraction of sp³-hybridized carbons (Fsp3) is 0.935. The molecule has 0 saturated carbocycles. The summed E-state index contributed by atoms with van der Waals surface area (Å²) in [5.74, 6) is -0.146. The SMILES string of the molecule is CCCCCCCOC(=O)CCCCCN(CCCCCC)C(=O)OCCN(CCOC(=O)C(CCCCCCC)CCCCCCC)CCN(CC)CC. The van der Waals surface area contributed by atoms with Crippen LogP contribution in [0.5, 0.6) is 0 Å². The van der Waals surface area contributed by atoms with Crippen molar-refractivity contribution in [2.45, 2.75) is 202 Å². The molecule has 9 heteroatoms. The molecule has 0 aliphatic heterocycles. The van der Waals surface area contributed by atoms with Crippen LogP contribution in [0.15, 0.2) is 0 Å². The fourth-order valence-electron chi connectivity index (χ4n) is 7.01. The van der Waals surface area contributed by atoms with Gasteiger partial charge in [0, 0.05) is 45.7 Å². The largest absolute Gasteiger partial charge is 0.466 e. The van der Waals surface area contributed by atoms with Gasteiger partial charge in [0.25, 0.3) is 0 Å². The summed E-state index contributed by atoms with van der Waals surface area (Å²) in [5, 5.41) is 0. The van der Waals surface area contributed by atoms with E-state index in [0.29, 0.717) is 52.4 Å². The molecule has 0 fully saturated rings. The molecule has 0 spiro atoms. The molecular weight excluding hydrogens is 691 g/mol. The van der Waals surface area contributed by atoms with E-state index in [0.717, 1.165) is 110 Å². The second-order valence-corrected chi connectivity index (χ2v) is 15.7. The van der Waals surface area contributed by atoms with Gasteiger partial charge in [-0.2, -0.15) is 0 Å². The average Bonchev–Trinajstić information content (AvgIpc) is 3.18. The Labute approximate surface area is 340 Å². The van der Waals surface area contributed by atoms with Crippen molar-refractivity contribution < 1.29 is 28.6 Å². The van der Waals surface area contributed by atoms with E-state index in [4.69, 9.17) is 14.2 Å². The second kappa shape index (κ2) is 40.3. The summed E-state index contributed by atoms with van der Waals surface area (Å²) in [6.07, 6.45) is 26.7. The van der Waals surface area contributed by atoms with Gasteiger partial charge in [0.15, 0.2) is 0 Å². The van der Waals surface area contributed by atoms with E-state index in [2.05, 4.69) is 51.3 Å². The van der Waals surface area contributed by atoms with Crippen LogP contribution in [-0.2, 0) is 23.8 Å². The minimum Gasteiger partial charge on any atom is -0.466 e. The molecule has 0 rings (SSSR count). The summed E-state index contributed by atoms with van der Waals surface area (Å²) in [6, 6.07) is 0. The van der Waals surface area contributed by atoms with Gasteiger partial charge >= 0.3 is 18.0 Å². The number of hydrogen-bond donors (Lipinski definition) is 0. The highest BCUT2D eigenvalue weighted by Gasteiger charge is 2.21. The van der Waals surface area contributed by atoms with E-state index in [1.165, 1.54) is 70.6 Å². The first kappa shape index (κ1) is 53.1. The van der Waals surface area contributed by atoms with E-state index in [1.54, 1.807) is 0 Å². The first-order valence-corrected chi connectivity index (χ1v) is 23.5. The van der Waals surface area contributed by atoms with Gasteiger partial charge in [0.2, 0.25) is 0 Å². The Balaban J connectivity index is 5.04. The summed E-state index contributed by atoms with van der Waals surface area (Å²) in [6.45, 7) is 20.7. The minimum absolute atomic E-state index is 0.00410. The minimum atomic E-state index is -0.255. The van der Waals surface area contributed by atoms with E-state index in [9.17, 15) is 14.4 Å². The normalized spacial score (nSPS) is 11.5. The number of carbonyl (C=O) groups excluding carboxylic acids is 3. The smallest absolute Gasteiger partial charge is 0.409 e. The van der Waals surface area contributed by atoms with Crippen molar-refractivity contribution in [3.63, 3.8) is 0 Å². The number of likely N-dealkylation sites (N-methyl/N-ethyl adjacent to an activating group) is 1. The molecule has 326 valence electrons. The van der Waals surface area contributed by atoms with Crippen LogP contribution in [0.4, 0.5) is 4.79 Å². The molecule has 1 amide bonds. The number of ether oxygens (including phenoxy) is 3. The number of carbonyl (C=O) groups is 3. The van der Waals surface area contributed by atoms with Gasteiger partial charge in [-0.3, -0.25) is 14.5 Å². The van der Waals surface area contributed by atoms with Gasteiger partial charge in [-0.05, 0) is 51.6 Å². The van der Waals surface area contributed by atoms with Gasteiger partial charge in [-0.15, -0.1) is 0 Å². The third-order valence-corrected chi connectivity index (χ3v) is 10.9. The van der Waals surface area contributed by atoms with Crippen molar-refractivity contribution in [3.05, 3.63) is 0 Å².